The highest BCUT2D eigenvalue weighted by molar-refractivity contribution is 6.33. The Hall–Kier alpha value is -4.30. The zero-order valence-corrected chi connectivity index (χ0v) is 28.5. The van der Waals surface area contributed by atoms with Crippen LogP contribution in [0, 0.1) is 17.6 Å². The number of nitrogens with zero attached hydrogens (tertiary/aromatic N) is 4. The van der Waals surface area contributed by atoms with Crippen LogP contribution >= 0.6 is 23.2 Å². The van der Waals surface area contributed by atoms with E-state index < -0.39 is 34.3 Å². The summed E-state index contributed by atoms with van der Waals surface area (Å²) in [6.45, 7) is 0.359. The summed E-state index contributed by atoms with van der Waals surface area (Å²) in [5.74, 6) is -2.76. The average Bonchev–Trinajstić information content (AvgIpc) is 3.85. The highest BCUT2D eigenvalue weighted by Gasteiger charge is 2.51. The number of ether oxygens (including phenoxy) is 2. The van der Waals surface area contributed by atoms with Gasteiger partial charge >= 0.3 is 6.09 Å². The predicted molar refractivity (Wildman–Crippen MR) is 178 cm³/mol. The Balaban J connectivity index is 1.20. The molecular weight excluding hydrogens is 697 g/mol. The molecule has 6 rings (SSSR count). The molecule has 2 amide bonds. The number of carboxylic acid groups (broad SMARTS) is 1. The van der Waals surface area contributed by atoms with Crippen molar-refractivity contribution < 1.29 is 42.6 Å². The van der Waals surface area contributed by atoms with Crippen molar-refractivity contribution >= 4 is 35.2 Å². The summed E-state index contributed by atoms with van der Waals surface area (Å²) in [7, 11) is 1.62. The second-order valence-electron chi connectivity index (χ2n) is 12.4. The van der Waals surface area contributed by atoms with Crippen LogP contribution in [-0.2, 0) is 34.7 Å². The van der Waals surface area contributed by atoms with E-state index >= 15 is 0 Å². The standard InChI is InChI=1S/C35H34Cl2F2N4O7/c1-48-13-10-20-2-6-26(36)21(14-20)17-43(23-4-5-23)33(44)25-18-42(34(45)46)12-11-35(25,47)22-3-9-30(40-16-22)49-19-24-15-29(41-50-24)31-27(38)7-8-28(39)32(31)37/h2-3,6-9,14-16,23,25,47H,4-5,10-13,17-19H2,1H3,(H,45,46). The Labute approximate surface area is 296 Å². The van der Waals surface area contributed by atoms with Crippen LogP contribution in [0.2, 0.25) is 10.0 Å². The summed E-state index contributed by atoms with van der Waals surface area (Å²) in [6, 6.07) is 11.9. The molecule has 50 heavy (non-hydrogen) atoms. The number of carbonyl (C=O) groups is 2. The van der Waals surface area contributed by atoms with Crippen LogP contribution in [0.3, 0.4) is 0 Å². The van der Waals surface area contributed by atoms with Gasteiger partial charge in [-0.15, -0.1) is 0 Å². The van der Waals surface area contributed by atoms with Crippen molar-refractivity contribution in [1.29, 1.82) is 0 Å². The summed E-state index contributed by atoms with van der Waals surface area (Å²) in [5.41, 5.74) is 0.0841. The number of pyridine rings is 1. The van der Waals surface area contributed by atoms with E-state index in [1.54, 1.807) is 24.1 Å². The highest BCUT2D eigenvalue weighted by Crippen LogP contribution is 2.41. The van der Waals surface area contributed by atoms with Crippen molar-refractivity contribution in [2.24, 2.45) is 5.92 Å². The lowest BCUT2D eigenvalue weighted by molar-refractivity contribution is -0.154. The van der Waals surface area contributed by atoms with Gasteiger partial charge in [0.1, 0.15) is 22.9 Å². The van der Waals surface area contributed by atoms with Gasteiger partial charge < -0.3 is 34.0 Å². The molecule has 11 nitrogen and oxygen atoms in total. The molecule has 2 aromatic carbocycles. The van der Waals surface area contributed by atoms with Crippen LogP contribution in [0.1, 0.15) is 41.7 Å². The van der Waals surface area contributed by atoms with Crippen molar-refractivity contribution in [1.82, 2.24) is 19.9 Å². The number of carbonyl (C=O) groups excluding carboxylic acids is 1. The van der Waals surface area contributed by atoms with Gasteiger partial charge in [0.15, 0.2) is 12.4 Å². The number of hydrogen-bond acceptors (Lipinski definition) is 8. The molecule has 2 fully saturated rings. The molecule has 4 aromatic rings. The first kappa shape index (κ1) is 35.5. The number of halogens is 4. The van der Waals surface area contributed by atoms with Crippen LogP contribution in [-0.4, -0.2) is 75.0 Å². The molecule has 2 aliphatic rings. The minimum absolute atomic E-state index is 0.00835. The van der Waals surface area contributed by atoms with Crippen molar-refractivity contribution in [3.63, 3.8) is 0 Å². The van der Waals surface area contributed by atoms with E-state index in [-0.39, 0.29) is 67.5 Å². The molecule has 1 aliphatic heterocycles. The smallest absolute Gasteiger partial charge is 0.407 e. The Morgan fingerprint density at radius 1 is 1.12 bits per heavy atom. The number of aliphatic hydroxyl groups is 1. The number of likely N-dealkylation sites (tertiary alicyclic amines) is 1. The molecule has 1 saturated carbocycles. The molecule has 2 aromatic heterocycles. The van der Waals surface area contributed by atoms with Crippen molar-refractivity contribution in [2.45, 2.75) is 50.5 Å². The summed E-state index contributed by atoms with van der Waals surface area (Å²) in [4.78, 5) is 33.5. The molecule has 3 heterocycles. The lowest BCUT2D eigenvalue weighted by atomic mass is 9.75. The first-order valence-electron chi connectivity index (χ1n) is 15.9. The summed E-state index contributed by atoms with van der Waals surface area (Å²) < 4.78 is 44.4. The van der Waals surface area contributed by atoms with Gasteiger partial charge in [-0.2, -0.15) is 0 Å². The molecule has 2 unspecified atom stereocenters. The molecule has 2 atom stereocenters. The molecule has 2 N–H and O–H groups in total. The van der Waals surface area contributed by atoms with Crippen LogP contribution in [0.5, 0.6) is 5.88 Å². The monoisotopic (exact) mass is 730 g/mol. The molecule has 264 valence electrons. The normalized spacial score (nSPS) is 19.0. The van der Waals surface area contributed by atoms with E-state index in [2.05, 4.69) is 10.1 Å². The zero-order valence-electron chi connectivity index (χ0n) is 27.0. The van der Waals surface area contributed by atoms with Gasteiger partial charge in [-0.3, -0.25) is 4.79 Å². The van der Waals surface area contributed by atoms with Crippen LogP contribution < -0.4 is 4.74 Å². The summed E-state index contributed by atoms with van der Waals surface area (Å²) in [5, 5.41) is 25.8. The van der Waals surface area contributed by atoms with E-state index in [4.69, 9.17) is 37.2 Å². The third kappa shape index (κ3) is 7.55. The maximum Gasteiger partial charge on any atom is 0.407 e. The van der Waals surface area contributed by atoms with E-state index in [1.807, 2.05) is 12.1 Å². The number of rotatable bonds is 12. The average molecular weight is 732 g/mol. The van der Waals surface area contributed by atoms with Crippen LogP contribution in [0.15, 0.2) is 59.3 Å². The first-order valence-corrected chi connectivity index (χ1v) is 16.7. The Morgan fingerprint density at radius 3 is 2.60 bits per heavy atom. The van der Waals surface area contributed by atoms with Gasteiger partial charge in [0.05, 0.1) is 23.1 Å². The maximum absolute atomic E-state index is 14.4. The zero-order chi connectivity index (χ0) is 35.6. The van der Waals surface area contributed by atoms with Gasteiger partial charge in [0.25, 0.3) is 0 Å². The Kier molecular flexibility index (Phi) is 10.6. The van der Waals surface area contributed by atoms with E-state index in [0.717, 1.165) is 41.0 Å². The second-order valence-corrected chi connectivity index (χ2v) is 13.2. The quantitative estimate of drug-likeness (QED) is 0.157. The lowest BCUT2D eigenvalue weighted by Gasteiger charge is -2.44. The van der Waals surface area contributed by atoms with E-state index in [9.17, 15) is 28.6 Å². The largest absolute Gasteiger partial charge is 0.469 e. The van der Waals surface area contributed by atoms with Crippen molar-refractivity contribution in [2.75, 3.05) is 26.8 Å². The summed E-state index contributed by atoms with van der Waals surface area (Å²) in [6.07, 6.45) is 2.40. The van der Waals surface area contributed by atoms with Gasteiger partial charge in [-0.25, -0.2) is 18.6 Å². The molecule has 0 radical (unpaired) electrons. The first-order chi connectivity index (χ1) is 24.0. The predicted octanol–water partition coefficient (Wildman–Crippen LogP) is 6.47. The fourth-order valence-electron chi connectivity index (χ4n) is 6.15. The molecular formula is C35H34Cl2F2N4O7. The number of hydrogen-bond donors (Lipinski definition) is 2. The van der Waals surface area contributed by atoms with Gasteiger partial charge in [-0.05, 0) is 61.1 Å². The molecule has 0 bridgehead atoms. The van der Waals surface area contributed by atoms with Crippen molar-refractivity contribution in [3.05, 3.63) is 98.9 Å². The molecule has 1 aliphatic carbocycles. The fraction of sp³-hybridized carbons (Fsp3) is 0.371. The fourth-order valence-corrected chi connectivity index (χ4v) is 6.58. The third-order valence-corrected chi connectivity index (χ3v) is 9.82. The molecule has 15 heteroatoms. The third-order valence-electron chi connectivity index (χ3n) is 9.08. The number of piperidine rings is 1. The van der Waals surface area contributed by atoms with Crippen molar-refractivity contribution in [3.8, 4) is 17.1 Å². The van der Waals surface area contributed by atoms with Gasteiger partial charge in [0.2, 0.25) is 11.8 Å². The lowest BCUT2D eigenvalue weighted by Crippen LogP contribution is -2.57. The van der Waals surface area contributed by atoms with Crippen LogP contribution in [0.25, 0.3) is 11.3 Å². The SMILES string of the molecule is COCCc1ccc(Cl)c(CN(C(=O)C2CN(C(=O)O)CCC2(O)c2ccc(OCc3cc(-c4c(F)ccc(F)c4Cl)no3)nc2)C2CC2)c1. The number of aromatic nitrogens is 2. The topological polar surface area (TPSA) is 138 Å². The number of benzene rings is 2. The van der Waals surface area contributed by atoms with Gasteiger partial charge in [-0.1, -0.05) is 40.5 Å². The summed E-state index contributed by atoms with van der Waals surface area (Å²) >= 11 is 12.5. The second kappa shape index (κ2) is 14.9. The maximum atomic E-state index is 14.4. The Bertz CT molecular complexity index is 1870. The minimum Gasteiger partial charge on any atom is -0.469 e. The van der Waals surface area contributed by atoms with Crippen LogP contribution in [0.4, 0.5) is 13.6 Å². The van der Waals surface area contributed by atoms with E-state index in [0.29, 0.717) is 23.6 Å². The van der Waals surface area contributed by atoms with E-state index in [1.165, 1.54) is 18.3 Å². The molecule has 0 spiro atoms. The highest BCUT2D eigenvalue weighted by atomic mass is 35.5. The van der Waals surface area contributed by atoms with Gasteiger partial charge in [0, 0.05) is 61.7 Å². The molecule has 1 saturated heterocycles. The number of amides is 2. The minimum atomic E-state index is -1.74. The Morgan fingerprint density at radius 2 is 1.90 bits per heavy atom. The number of methoxy groups -OCH3 is 1.